The lowest BCUT2D eigenvalue weighted by Crippen LogP contribution is -2.53. The van der Waals surface area contributed by atoms with E-state index in [9.17, 15) is 9.59 Å². The van der Waals surface area contributed by atoms with Crippen molar-refractivity contribution in [1.29, 1.82) is 0 Å². The van der Waals surface area contributed by atoms with E-state index >= 15 is 0 Å². The van der Waals surface area contributed by atoms with Crippen LogP contribution in [0.3, 0.4) is 0 Å². The molecule has 0 radical (unpaired) electrons. The molecule has 3 rings (SSSR count). The van der Waals surface area contributed by atoms with Gasteiger partial charge in [-0.2, -0.15) is 0 Å². The van der Waals surface area contributed by atoms with E-state index < -0.39 is 0 Å². The van der Waals surface area contributed by atoms with Crippen molar-refractivity contribution in [1.82, 2.24) is 15.1 Å². The topological polar surface area (TPSA) is 71.1 Å². The van der Waals surface area contributed by atoms with Crippen molar-refractivity contribution in [3.8, 4) is 0 Å². The highest BCUT2D eigenvalue weighted by atomic mass is 16.5. The number of morpholine rings is 1. The van der Waals surface area contributed by atoms with Gasteiger partial charge in [0.05, 0.1) is 25.4 Å². The lowest BCUT2D eigenvalue weighted by Gasteiger charge is -2.36. The molecule has 2 aliphatic rings. The van der Waals surface area contributed by atoms with Crippen molar-refractivity contribution >= 4 is 11.9 Å². The van der Waals surface area contributed by atoms with Crippen LogP contribution in [0, 0.1) is 0 Å². The molecule has 0 aromatic heterocycles. The molecule has 0 saturated carbocycles. The van der Waals surface area contributed by atoms with Crippen molar-refractivity contribution < 1.29 is 19.1 Å². The Kier molecular flexibility index (Phi) is 7.06. The maximum atomic E-state index is 13.0. The van der Waals surface area contributed by atoms with E-state index in [2.05, 4.69) is 5.32 Å². The second kappa shape index (κ2) is 9.71. The second-order valence-corrected chi connectivity index (χ2v) is 6.99. The van der Waals surface area contributed by atoms with Gasteiger partial charge in [-0.15, -0.1) is 0 Å². The number of nitrogens with one attached hydrogen (secondary N) is 1. The highest BCUT2D eigenvalue weighted by molar-refractivity contribution is 5.94. The van der Waals surface area contributed by atoms with E-state index in [1.54, 1.807) is 4.90 Å². The summed E-state index contributed by atoms with van der Waals surface area (Å²) in [6.45, 7) is 5.78. The van der Waals surface area contributed by atoms with Gasteiger partial charge in [-0.05, 0) is 31.9 Å². The minimum Gasteiger partial charge on any atom is -0.376 e. The first-order valence-corrected chi connectivity index (χ1v) is 9.77. The Morgan fingerprint density at radius 3 is 2.59 bits per heavy atom. The monoisotopic (exact) mass is 375 g/mol. The molecule has 27 heavy (non-hydrogen) atoms. The highest BCUT2D eigenvalue weighted by Gasteiger charge is 2.30. The van der Waals surface area contributed by atoms with Crippen molar-refractivity contribution in [3.05, 3.63) is 35.9 Å². The largest absolute Gasteiger partial charge is 0.376 e. The number of amides is 3. The molecular formula is C20H29N3O4. The van der Waals surface area contributed by atoms with Crippen LogP contribution < -0.4 is 5.32 Å². The van der Waals surface area contributed by atoms with Crippen molar-refractivity contribution in [2.75, 3.05) is 45.9 Å². The van der Waals surface area contributed by atoms with Crippen LogP contribution in [0.2, 0.25) is 0 Å². The average Bonchev–Trinajstić information content (AvgIpc) is 3.21. The molecule has 0 aliphatic carbocycles. The molecule has 2 saturated heterocycles. The molecule has 2 aliphatic heterocycles. The van der Waals surface area contributed by atoms with Crippen LogP contribution in [0.25, 0.3) is 0 Å². The number of hydrogen-bond donors (Lipinski definition) is 1. The molecule has 2 unspecified atom stereocenters. The molecule has 3 amide bonds. The Bertz CT molecular complexity index is 619. The third-order valence-corrected chi connectivity index (χ3v) is 4.93. The second-order valence-electron chi connectivity index (χ2n) is 6.99. The van der Waals surface area contributed by atoms with Crippen LogP contribution in [0.1, 0.15) is 30.1 Å². The fraction of sp³-hybridized carbons (Fsp3) is 0.600. The first kappa shape index (κ1) is 19.6. The lowest BCUT2D eigenvalue weighted by atomic mass is 10.1. The SMILES string of the molecule is CCNC(=O)N1CCOC(CN(CC2CCCO2)C(=O)c2ccccc2)C1. The van der Waals surface area contributed by atoms with Gasteiger partial charge in [-0.3, -0.25) is 4.79 Å². The predicted octanol–water partition coefficient (Wildman–Crippen LogP) is 1.74. The molecule has 7 nitrogen and oxygen atoms in total. The first-order chi connectivity index (χ1) is 13.2. The van der Waals surface area contributed by atoms with Crippen LogP contribution in [0.5, 0.6) is 0 Å². The summed E-state index contributed by atoms with van der Waals surface area (Å²) in [5.74, 6) is -0.0233. The van der Waals surface area contributed by atoms with Gasteiger partial charge in [-0.25, -0.2) is 4.79 Å². The first-order valence-electron chi connectivity index (χ1n) is 9.77. The van der Waals surface area contributed by atoms with Gasteiger partial charge in [0, 0.05) is 38.3 Å². The van der Waals surface area contributed by atoms with Crippen molar-refractivity contribution in [2.45, 2.75) is 32.0 Å². The molecule has 2 heterocycles. The zero-order valence-corrected chi connectivity index (χ0v) is 15.9. The Balaban J connectivity index is 1.66. The summed E-state index contributed by atoms with van der Waals surface area (Å²) < 4.78 is 11.6. The summed E-state index contributed by atoms with van der Waals surface area (Å²) in [5, 5.41) is 2.83. The number of benzene rings is 1. The minimum absolute atomic E-state index is 0.0233. The molecule has 2 fully saturated rings. The van der Waals surface area contributed by atoms with E-state index in [4.69, 9.17) is 9.47 Å². The maximum Gasteiger partial charge on any atom is 0.317 e. The Morgan fingerprint density at radius 2 is 1.89 bits per heavy atom. The van der Waals surface area contributed by atoms with Gasteiger partial charge in [0.15, 0.2) is 0 Å². The number of carbonyl (C=O) groups excluding carboxylic acids is 2. The predicted molar refractivity (Wildman–Crippen MR) is 102 cm³/mol. The highest BCUT2D eigenvalue weighted by Crippen LogP contribution is 2.17. The van der Waals surface area contributed by atoms with E-state index in [1.807, 2.05) is 42.2 Å². The summed E-state index contributed by atoms with van der Waals surface area (Å²) >= 11 is 0. The number of carbonyl (C=O) groups is 2. The van der Waals surface area contributed by atoms with Gasteiger partial charge in [-0.1, -0.05) is 18.2 Å². The van der Waals surface area contributed by atoms with E-state index in [-0.39, 0.29) is 24.1 Å². The minimum atomic E-state index is -0.199. The van der Waals surface area contributed by atoms with E-state index in [0.717, 1.165) is 19.4 Å². The fourth-order valence-corrected chi connectivity index (χ4v) is 3.56. The summed E-state index contributed by atoms with van der Waals surface area (Å²) in [4.78, 5) is 28.7. The number of ether oxygens (including phenoxy) is 2. The van der Waals surface area contributed by atoms with Crippen molar-refractivity contribution in [3.63, 3.8) is 0 Å². The summed E-state index contributed by atoms with van der Waals surface area (Å²) in [5.41, 5.74) is 0.659. The molecule has 148 valence electrons. The summed E-state index contributed by atoms with van der Waals surface area (Å²) in [6, 6.07) is 9.21. The number of hydrogen-bond acceptors (Lipinski definition) is 4. The summed E-state index contributed by atoms with van der Waals surface area (Å²) in [7, 11) is 0. The Hall–Kier alpha value is -2.12. The molecule has 0 bridgehead atoms. The van der Waals surface area contributed by atoms with E-state index in [0.29, 0.717) is 44.9 Å². The third kappa shape index (κ3) is 5.43. The van der Waals surface area contributed by atoms with Gasteiger partial charge >= 0.3 is 6.03 Å². The molecule has 1 aromatic carbocycles. The zero-order valence-electron chi connectivity index (χ0n) is 15.9. The zero-order chi connectivity index (χ0) is 19.1. The number of urea groups is 1. The van der Waals surface area contributed by atoms with Gasteiger partial charge in [0.25, 0.3) is 5.91 Å². The lowest BCUT2D eigenvalue weighted by molar-refractivity contribution is -0.0328. The molecular weight excluding hydrogens is 346 g/mol. The fourth-order valence-electron chi connectivity index (χ4n) is 3.56. The quantitative estimate of drug-likeness (QED) is 0.822. The van der Waals surface area contributed by atoms with Gasteiger partial charge in [0.2, 0.25) is 0 Å². The summed E-state index contributed by atoms with van der Waals surface area (Å²) in [6.07, 6.45) is 1.87. The normalized spacial score (nSPS) is 22.5. The standard InChI is InChI=1S/C20H29N3O4/c1-2-21-20(25)22-10-12-27-18(14-22)15-23(13-17-9-6-11-26-17)19(24)16-7-4-3-5-8-16/h3-5,7-8,17-18H,2,6,9-15H2,1H3,(H,21,25). The van der Waals surface area contributed by atoms with Crippen LogP contribution in [0.4, 0.5) is 4.79 Å². The third-order valence-electron chi connectivity index (χ3n) is 4.93. The Morgan fingerprint density at radius 1 is 1.15 bits per heavy atom. The smallest absolute Gasteiger partial charge is 0.317 e. The van der Waals surface area contributed by atoms with Crippen molar-refractivity contribution in [2.24, 2.45) is 0 Å². The van der Waals surface area contributed by atoms with Crippen LogP contribution >= 0.6 is 0 Å². The molecule has 1 aromatic rings. The molecule has 2 atom stereocenters. The number of nitrogens with zero attached hydrogens (tertiary/aromatic N) is 2. The molecule has 0 spiro atoms. The molecule has 7 heteroatoms. The average molecular weight is 375 g/mol. The molecule has 1 N–H and O–H groups in total. The van der Waals surface area contributed by atoms with Crippen LogP contribution in [-0.2, 0) is 9.47 Å². The Labute approximate surface area is 160 Å². The van der Waals surface area contributed by atoms with Gasteiger partial charge < -0.3 is 24.6 Å². The number of rotatable bonds is 6. The van der Waals surface area contributed by atoms with Gasteiger partial charge in [0.1, 0.15) is 0 Å². The van der Waals surface area contributed by atoms with Crippen LogP contribution in [0.15, 0.2) is 30.3 Å². The van der Waals surface area contributed by atoms with Crippen LogP contribution in [-0.4, -0.2) is 79.9 Å². The maximum absolute atomic E-state index is 13.0. The van der Waals surface area contributed by atoms with E-state index in [1.165, 1.54) is 0 Å².